The van der Waals surface area contributed by atoms with Crippen LogP contribution >= 0.6 is 0 Å². The first kappa shape index (κ1) is 13.1. The van der Waals surface area contributed by atoms with E-state index in [9.17, 15) is 0 Å². The highest BCUT2D eigenvalue weighted by molar-refractivity contribution is 5.54. The van der Waals surface area contributed by atoms with Crippen molar-refractivity contribution in [1.29, 1.82) is 0 Å². The van der Waals surface area contributed by atoms with Crippen molar-refractivity contribution in [3.63, 3.8) is 0 Å². The van der Waals surface area contributed by atoms with Crippen molar-refractivity contribution in [2.24, 2.45) is 5.92 Å². The second-order valence-corrected chi connectivity index (χ2v) is 6.88. The molecule has 2 heterocycles. The average Bonchev–Trinajstić information content (AvgIpc) is 3.09. The van der Waals surface area contributed by atoms with Crippen LogP contribution in [0, 0.1) is 12.8 Å². The molecule has 2 fully saturated rings. The van der Waals surface area contributed by atoms with Crippen molar-refractivity contribution in [3.8, 4) is 0 Å². The summed E-state index contributed by atoms with van der Waals surface area (Å²) in [5.41, 5.74) is 3.41. The summed E-state index contributed by atoms with van der Waals surface area (Å²) in [6, 6.07) is 2.84. The van der Waals surface area contributed by atoms with Crippen molar-refractivity contribution in [2.75, 3.05) is 5.32 Å². The van der Waals surface area contributed by atoms with E-state index in [2.05, 4.69) is 30.3 Å². The minimum Gasteiger partial charge on any atom is -0.367 e. The third-order valence-corrected chi connectivity index (χ3v) is 5.17. The van der Waals surface area contributed by atoms with E-state index in [0.29, 0.717) is 12.0 Å². The van der Waals surface area contributed by atoms with E-state index in [1.165, 1.54) is 44.2 Å². The van der Waals surface area contributed by atoms with Crippen LogP contribution in [0.15, 0.2) is 12.3 Å². The maximum Gasteiger partial charge on any atom is 0.160 e. The molecule has 0 radical (unpaired) electrons. The van der Waals surface area contributed by atoms with Crippen LogP contribution in [0.2, 0.25) is 0 Å². The van der Waals surface area contributed by atoms with E-state index in [-0.39, 0.29) is 0 Å². The molecule has 1 N–H and O–H groups in total. The molecule has 21 heavy (non-hydrogen) atoms. The minimum absolute atomic E-state index is 0.563. The van der Waals surface area contributed by atoms with E-state index in [4.69, 9.17) is 4.98 Å². The lowest BCUT2D eigenvalue weighted by Crippen LogP contribution is -2.18. The van der Waals surface area contributed by atoms with Gasteiger partial charge in [0.25, 0.3) is 0 Å². The van der Waals surface area contributed by atoms with Crippen LogP contribution in [0.5, 0.6) is 0 Å². The number of nitrogens with zero attached hydrogens (tertiary/aromatic N) is 3. The van der Waals surface area contributed by atoms with Crippen LogP contribution in [0.25, 0.3) is 5.65 Å². The van der Waals surface area contributed by atoms with E-state index in [0.717, 1.165) is 22.9 Å². The number of anilines is 1. The molecule has 2 aliphatic rings. The Morgan fingerprint density at radius 3 is 2.71 bits per heavy atom. The van der Waals surface area contributed by atoms with Gasteiger partial charge in [0.2, 0.25) is 0 Å². The number of hydrogen-bond acceptors (Lipinski definition) is 3. The van der Waals surface area contributed by atoms with Crippen molar-refractivity contribution < 1.29 is 0 Å². The lowest BCUT2D eigenvalue weighted by Gasteiger charge is -2.17. The molecular weight excluding hydrogens is 260 g/mol. The van der Waals surface area contributed by atoms with Gasteiger partial charge in [0.1, 0.15) is 5.82 Å². The van der Waals surface area contributed by atoms with E-state index >= 15 is 0 Å². The second-order valence-electron chi connectivity index (χ2n) is 6.88. The van der Waals surface area contributed by atoms with Gasteiger partial charge < -0.3 is 5.32 Å². The van der Waals surface area contributed by atoms with Gasteiger partial charge in [0.15, 0.2) is 5.65 Å². The maximum absolute atomic E-state index is 4.89. The Morgan fingerprint density at radius 1 is 1.24 bits per heavy atom. The standard InChI is InChI=1S/C17H24N4/c1-11-10-18-21-16(19-14-5-3-4-6-14)9-15(20-17(11)21)12(2)13-7-8-13/h9-10,12-14,19H,3-8H2,1-2H3. The SMILES string of the molecule is Cc1cnn2c(NC3CCCC3)cc(C(C)C3CC3)nc12. The quantitative estimate of drug-likeness (QED) is 0.925. The Kier molecular flexibility index (Phi) is 3.12. The number of fused-ring (bicyclic) bond motifs is 1. The zero-order valence-corrected chi connectivity index (χ0v) is 13.0. The lowest BCUT2D eigenvalue weighted by atomic mass is 10.0. The predicted molar refractivity (Wildman–Crippen MR) is 84.7 cm³/mol. The van der Waals surface area contributed by atoms with Gasteiger partial charge in [-0.25, -0.2) is 4.98 Å². The number of hydrogen-bond donors (Lipinski definition) is 1. The van der Waals surface area contributed by atoms with Gasteiger partial charge in [0, 0.05) is 29.3 Å². The molecule has 0 aromatic carbocycles. The number of aryl methyl sites for hydroxylation is 1. The summed E-state index contributed by atoms with van der Waals surface area (Å²) in [5.74, 6) is 2.53. The van der Waals surface area contributed by atoms with Crippen LogP contribution in [-0.4, -0.2) is 20.6 Å². The van der Waals surface area contributed by atoms with Crippen LogP contribution in [0.3, 0.4) is 0 Å². The molecular formula is C17H24N4. The highest BCUT2D eigenvalue weighted by Crippen LogP contribution is 2.42. The topological polar surface area (TPSA) is 42.2 Å². The number of nitrogens with one attached hydrogen (secondary N) is 1. The summed E-state index contributed by atoms with van der Waals surface area (Å²) in [6.07, 6.45) is 9.88. The minimum atomic E-state index is 0.563. The molecule has 0 amide bonds. The molecule has 0 bridgehead atoms. The van der Waals surface area contributed by atoms with Gasteiger partial charge in [-0.3, -0.25) is 0 Å². The summed E-state index contributed by atoms with van der Waals surface area (Å²) in [6.45, 7) is 4.42. The fourth-order valence-corrected chi connectivity index (χ4v) is 3.54. The Bertz CT molecular complexity index is 650. The second kappa shape index (κ2) is 5.00. The molecule has 4 rings (SSSR count). The average molecular weight is 284 g/mol. The molecule has 4 heteroatoms. The molecule has 112 valence electrons. The molecule has 0 spiro atoms. The molecule has 2 aromatic heterocycles. The van der Waals surface area contributed by atoms with E-state index in [1.54, 1.807) is 0 Å². The van der Waals surface area contributed by atoms with Crippen LogP contribution in [0.4, 0.5) is 5.82 Å². The van der Waals surface area contributed by atoms with E-state index in [1.807, 2.05) is 10.7 Å². The summed E-state index contributed by atoms with van der Waals surface area (Å²) in [5, 5.41) is 8.23. The van der Waals surface area contributed by atoms with Gasteiger partial charge in [-0.1, -0.05) is 19.8 Å². The molecule has 1 atom stereocenters. The van der Waals surface area contributed by atoms with Gasteiger partial charge in [0.05, 0.1) is 6.20 Å². The first-order chi connectivity index (χ1) is 10.2. The Labute approximate surface area is 126 Å². The molecule has 4 nitrogen and oxygen atoms in total. The fraction of sp³-hybridized carbons (Fsp3) is 0.647. The zero-order valence-electron chi connectivity index (χ0n) is 13.0. The first-order valence-corrected chi connectivity index (χ1v) is 8.34. The summed E-state index contributed by atoms with van der Waals surface area (Å²) >= 11 is 0. The van der Waals surface area contributed by atoms with Crippen molar-refractivity contribution in [3.05, 3.63) is 23.5 Å². The van der Waals surface area contributed by atoms with Crippen LogP contribution in [0.1, 0.15) is 62.6 Å². The number of aromatic nitrogens is 3. The summed E-state index contributed by atoms with van der Waals surface area (Å²) in [4.78, 5) is 4.89. The highest BCUT2D eigenvalue weighted by atomic mass is 15.3. The molecule has 2 aliphatic carbocycles. The van der Waals surface area contributed by atoms with Crippen molar-refractivity contribution in [2.45, 2.75) is 64.3 Å². The number of rotatable bonds is 4. The lowest BCUT2D eigenvalue weighted by molar-refractivity contribution is 0.641. The molecule has 2 saturated carbocycles. The highest BCUT2D eigenvalue weighted by Gasteiger charge is 2.30. The first-order valence-electron chi connectivity index (χ1n) is 8.34. The molecule has 0 saturated heterocycles. The third-order valence-electron chi connectivity index (χ3n) is 5.17. The largest absolute Gasteiger partial charge is 0.367 e. The molecule has 0 aliphatic heterocycles. The summed E-state index contributed by atoms with van der Waals surface area (Å²) < 4.78 is 1.98. The van der Waals surface area contributed by atoms with Crippen molar-refractivity contribution in [1.82, 2.24) is 14.6 Å². The normalized spacial score (nSPS) is 21.0. The summed E-state index contributed by atoms with van der Waals surface area (Å²) in [7, 11) is 0. The third kappa shape index (κ3) is 2.41. The van der Waals surface area contributed by atoms with Crippen LogP contribution < -0.4 is 5.32 Å². The Morgan fingerprint density at radius 2 is 2.00 bits per heavy atom. The van der Waals surface area contributed by atoms with Crippen molar-refractivity contribution >= 4 is 11.5 Å². The Balaban J connectivity index is 1.74. The monoisotopic (exact) mass is 284 g/mol. The molecule has 2 aromatic rings. The molecule has 1 unspecified atom stereocenters. The van der Waals surface area contributed by atoms with Gasteiger partial charge >= 0.3 is 0 Å². The van der Waals surface area contributed by atoms with Gasteiger partial charge in [-0.2, -0.15) is 9.61 Å². The van der Waals surface area contributed by atoms with Gasteiger partial charge in [-0.15, -0.1) is 0 Å². The Hall–Kier alpha value is -1.58. The van der Waals surface area contributed by atoms with E-state index < -0.39 is 0 Å². The predicted octanol–water partition coefficient (Wildman–Crippen LogP) is 3.91. The fourth-order valence-electron chi connectivity index (χ4n) is 3.54. The zero-order chi connectivity index (χ0) is 14.4. The maximum atomic E-state index is 4.89. The van der Waals surface area contributed by atoms with Crippen LogP contribution in [-0.2, 0) is 0 Å². The smallest absolute Gasteiger partial charge is 0.160 e. The van der Waals surface area contributed by atoms with Gasteiger partial charge in [-0.05, 0) is 38.5 Å².